The van der Waals surface area contributed by atoms with Gasteiger partial charge in [0.25, 0.3) is 0 Å². The molecular formula is C20H26F3N3O2. The van der Waals surface area contributed by atoms with E-state index in [1.54, 1.807) is 17.9 Å². The highest BCUT2D eigenvalue weighted by atomic mass is 19.4. The van der Waals surface area contributed by atoms with Crippen molar-refractivity contribution in [1.82, 2.24) is 15.1 Å². The highest BCUT2D eigenvalue weighted by molar-refractivity contribution is 5.80. The van der Waals surface area contributed by atoms with Crippen LogP contribution in [0.2, 0.25) is 0 Å². The van der Waals surface area contributed by atoms with Crippen LogP contribution in [0.15, 0.2) is 24.3 Å². The van der Waals surface area contributed by atoms with Crippen LogP contribution in [0.1, 0.15) is 43.2 Å². The highest BCUT2D eigenvalue weighted by Gasteiger charge is 2.33. The van der Waals surface area contributed by atoms with E-state index in [4.69, 9.17) is 0 Å². The van der Waals surface area contributed by atoms with Crippen molar-refractivity contribution < 1.29 is 22.8 Å². The van der Waals surface area contributed by atoms with Gasteiger partial charge >= 0.3 is 6.18 Å². The molecule has 1 aromatic carbocycles. The van der Waals surface area contributed by atoms with E-state index in [0.717, 1.165) is 31.5 Å². The third-order valence-electron chi connectivity index (χ3n) is 5.58. The second-order valence-corrected chi connectivity index (χ2v) is 7.63. The molecule has 154 valence electrons. The van der Waals surface area contributed by atoms with Crippen molar-refractivity contribution in [2.75, 3.05) is 32.7 Å². The summed E-state index contributed by atoms with van der Waals surface area (Å²) in [4.78, 5) is 28.5. The summed E-state index contributed by atoms with van der Waals surface area (Å²) >= 11 is 0. The van der Waals surface area contributed by atoms with Crippen molar-refractivity contribution >= 4 is 11.8 Å². The fraction of sp³-hybridized carbons (Fsp3) is 0.600. The number of alkyl halides is 3. The molecule has 2 saturated heterocycles. The van der Waals surface area contributed by atoms with Crippen molar-refractivity contribution in [3.8, 4) is 0 Å². The molecule has 0 bridgehead atoms. The minimum Gasteiger partial charge on any atom is -0.341 e. The average Bonchev–Trinajstić information content (AvgIpc) is 2.68. The molecule has 0 spiro atoms. The zero-order chi connectivity index (χ0) is 20.3. The monoisotopic (exact) mass is 397 g/mol. The Labute approximate surface area is 162 Å². The van der Waals surface area contributed by atoms with Crippen LogP contribution in [-0.4, -0.2) is 60.4 Å². The summed E-state index contributed by atoms with van der Waals surface area (Å²) in [5, 5.41) is 3.05. The van der Waals surface area contributed by atoms with Gasteiger partial charge < -0.3 is 15.1 Å². The number of nitrogens with zero attached hydrogens (tertiary/aromatic N) is 2. The van der Waals surface area contributed by atoms with Gasteiger partial charge in [0.15, 0.2) is 0 Å². The number of rotatable bonds is 4. The first-order valence-corrected chi connectivity index (χ1v) is 9.71. The molecule has 0 aliphatic carbocycles. The summed E-state index contributed by atoms with van der Waals surface area (Å²) in [6, 6.07) is 5.20. The number of piperazine rings is 1. The smallest absolute Gasteiger partial charge is 0.341 e. The number of nitrogens with one attached hydrogen (secondary N) is 1. The first-order valence-electron chi connectivity index (χ1n) is 9.71. The molecule has 1 aromatic rings. The summed E-state index contributed by atoms with van der Waals surface area (Å²) in [5.41, 5.74) is -0.187. The van der Waals surface area contributed by atoms with Gasteiger partial charge in [-0.15, -0.1) is 0 Å². The van der Waals surface area contributed by atoms with Gasteiger partial charge in [-0.3, -0.25) is 9.59 Å². The predicted octanol–water partition coefficient (Wildman–Crippen LogP) is 2.62. The van der Waals surface area contributed by atoms with Crippen LogP contribution >= 0.6 is 0 Å². The van der Waals surface area contributed by atoms with E-state index in [9.17, 15) is 22.8 Å². The Bertz CT molecular complexity index is 723. The Balaban J connectivity index is 1.61. The van der Waals surface area contributed by atoms with Gasteiger partial charge in [0.05, 0.1) is 12.1 Å². The standard InChI is InChI=1S/C20H26F3N3O2/c1-14(15-4-2-5-16(11-15)20(21,22)23)10-18(27)25-8-3-6-17(13-25)26-9-7-24-12-19(26)28/h2,4-5,11,14,17,24H,3,6-10,12-13H2,1H3. The zero-order valence-electron chi connectivity index (χ0n) is 16.0. The second-order valence-electron chi connectivity index (χ2n) is 7.63. The van der Waals surface area contributed by atoms with E-state index >= 15 is 0 Å². The summed E-state index contributed by atoms with van der Waals surface area (Å²) in [7, 11) is 0. The number of benzene rings is 1. The first kappa shape index (κ1) is 20.6. The molecule has 28 heavy (non-hydrogen) atoms. The maximum absolute atomic E-state index is 12.9. The van der Waals surface area contributed by atoms with Crippen molar-refractivity contribution in [1.29, 1.82) is 0 Å². The van der Waals surface area contributed by atoms with E-state index in [1.807, 2.05) is 4.90 Å². The third kappa shape index (κ3) is 4.84. The molecule has 2 aliphatic heterocycles. The maximum atomic E-state index is 12.9. The fourth-order valence-corrected chi connectivity index (χ4v) is 3.97. The molecule has 2 atom stereocenters. The lowest BCUT2D eigenvalue weighted by Crippen LogP contribution is -2.57. The molecule has 2 fully saturated rings. The van der Waals surface area contributed by atoms with Gasteiger partial charge in [-0.05, 0) is 30.4 Å². The topological polar surface area (TPSA) is 52.7 Å². The predicted molar refractivity (Wildman–Crippen MR) is 98.7 cm³/mol. The Kier molecular flexibility index (Phi) is 6.27. The molecule has 1 N–H and O–H groups in total. The van der Waals surface area contributed by atoms with Crippen LogP contribution in [0.5, 0.6) is 0 Å². The SMILES string of the molecule is CC(CC(=O)N1CCCC(N2CCNCC2=O)C1)c1cccc(C(F)(F)F)c1. The maximum Gasteiger partial charge on any atom is 0.416 e. The van der Waals surface area contributed by atoms with Crippen LogP contribution in [0.25, 0.3) is 0 Å². The van der Waals surface area contributed by atoms with E-state index in [-0.39, 0.29) is 30.2 Å². The summed E-state index contributed by atoms with van der Waals surface area (Å²) in [6.07, 6.45) is -2.54. The average molecular weight is 397 g/mol. The number of carbonyl (C=O) groups excluding carboxylic acids is 2. The van der Waals surface area contributed by atoms with Gasteiger partial charge in [0.1, 0.15) is 0 Å². The summed E-state index contributed by atoms with van der Waals surface area (Å²) in [5.74, 6) is -0.323. The molecule has 0 saturated carbocycles. The lowest BCUT2D eigenvalue weighted by molar-refractivity contribution is -0.140. The molecular weight excluding hydrogens is 371 g/mol. The molecule has 0 aromatic heterocycles. The normalized spacial score (nSPS) is 22.3. The number of hydrogen-bond acceptors (Lipinski definition) is 3. The van der Waals surface area contributed by atoms with Gasteiger partial charge in [-0.25, -0.2) is 0 Å². The van der Waals surface area contributed by atoms with Crippen molar-refractivity contribution in [2.24, 2.45) is 0 Å². The third-order valence-corrected chi connectivity index (χ3v) is 5.58. The number of likely N-dealkylation sites (tertiary alicyclic amines) is 1. The lowest BCUT2D eigenvalue weighted by atomic mass is 9.94. The summed E-state index contributed by atoms with van der Waals surface area (Å²) < 4.78 is 38.8. The largest absolute Gasteiger partial charge is 0.416 e. The van der Waals surface area contributed by atoms with E-state index in [2.05, 4.69) is 5.32 Å². The fourth-order valence-electron chi connectivity index (χ4n) is 3.97. The first-order chi connectivity index (χ1) is 13.3. The summed E-state index contributed by atoms with van der Waals surface area (Å²) in [6.45, 7) is 4.63. The van der Waals surface area contributed by atoms with Crippen LogP contribution in [0, 0.1) is 0 Å². The van der Waals surface area contributed by atoms with Crippen molar-refractivity contribution in [2.45, 2.75) is 44.3 Å². The minimum absolute atomic E-state index is 0.0242. The molecule has 2 heterocycles. The van der Waals surface area contributed by atoms with Crippen LogP contribution < -0.4 is 5.32 Å². The van der Waals surface area contributed by atoms with Crippen LogP contribution in [-0.2, 0) is 15.8 Å². The minimum atomic E-state index is -4.39. The Morgan fingerprint density at radius 3 is 2.82 bits per heavy atom. The van der Waals surface area contributed by atoms with Gasteiger partial charge in [-0.1, -0.05) is 25.1 Å². The number of carbonyl (C=O) groups is 2. The lowest BCUT2D eigenvalue weighted by Gasteiger charge is -2.41. The molecule has 2 aliphatic rings. The van der Waals surface area contributed by atoms with Crippen molar-refractivity contribution in [3.63, 3.8) is 0 Å². The number of piperidine rings is 1. The van der Waals surface area contributed by atoms with Crippen LogP contribution in [0.4, 0.5) is 13.2 Å². The second kappa shape index (κ2) is 8.51. The molecule has 0 radical (unpaired) electrons. The Hall–Kier alpha value is -2.09. The van der Waals surface area contributed by atoms with Crippen LogP contribution in [0.3, 0.4) is 0 Å². The van der Waals surface area contributed by atoms with Gasteiger partial charge in [0, 0.05) is 38.6 Å². The van der Waals surface area contributed by atoms with E-state index < -0.39 is 11.7 Å². The van der Waals surface area contributed by atoms with E-state index in [1.165, 1.54) is 6.07 Å². The quantitative estimate of drug-likeness (QED) is 0.850. The zero-order valence-corrected chi connectivity index (χ0v) is 16.0. The highest BCUT2D eigenvalue weighted by Crippen LogP contribution is 2.32. The van der Waals surface area contributed by atoms with Gasteiger partial charge in [0.2, 0.25) is 11.8 Å². The Morgan fingerprint density at radius 1 is 1.32 bits per heavy atom. The Morgan fingerprint density at radius 2 is 2.11 bits per heavy atom. The molecule has 3 rings (SSSR count). The molecule has 5 nitrogen and oxygen atoms in total. The molecule has 2 amide bonds. The number of hydrogen-bond donors (Lipinski definition) is 1. The van der Waals surface area contributed by atoms with Crippen molar-refractivity contribution in [3.05, 3.63) is 35.4 Å². The molecule has 2 unspecified atom stereocenters. The number of halogens is 3. The van der Waals surface area contributed by atoms with E-state index in [0.29, 0.717) is 31.7 Å². The molecule has 8 heteroatoms. The van der Waals surface area contributed by atoms with Gasteiger partial charge in [-0.2, -0.15) is 13.2 Å². The number of amides is 2.